The lowest BCUT2D eigenvalue weighted by Crippen LogP contribution is -2.10. The quantitative estimate of drug-likeness (QED) is 0.755. The highest BCUT2D eigenvalue weighted by molar-refractivity contribution is 9.13. The number of nitrogens with zero attached hydrogens (tertiary/aromatic N) is 1. The van der Waals surface area contributed by atoms with Gasteiger partial charge in [-0.1, -0.05) is 11.3 Å². The number of hydrogen-bond acceptors (Lipinski definition) is 5. The molecule has 1 aliphatic carbocycles. The summed E-state index contributed by atoms with van der Waals surface area (Å²) in [5.41, 5.74) is 0.815. The van der Waals surface area contributed by atoms with Gasteiger partial charge in [0.2, 0.25) is 0 Å². The van der Waals surface area contributed by atoms with Crippen LogP contribution in [0.3, 0.4) is 0 Å². The van der Waals surface area contributed by atoms with Crippen molar-refractivity contribution in [1.29, 1.82) is 0 Å². The molecule has 0 spiro atoms. The lowest BCUT2D eigenvalue weighted by molar-refractivity contribution is 0.0975. The van der Waals surface area contributed by atoms with E-state index in [4.69, 9.17) is 0 Å². The molecule has 0 saturated heterocycles. The predicted octanol–water partition coefficient (Wildman–Crippen LogP) is 4.50. The average Bonchev–Trinajstić information content (AvgIpc) is 2.95. The summed E-state index contributed by atoms with van der Waals surface area (Å²) in [4.78, 5) is 29.5. The molecule has 2 heterocycles. The van der Waals surface area contributed by atoms with Gasteiger partial charge in [0.05, 0.1) is 19.2 Å². The Morgan fingerprint density at radius 3 is 2.75 bits per heavy atom. The number of hydrogen-bond donors (Lipinski definition) is 1. The molecule has 1 aliphatic rings. The maximum absolute atomic E-state index is 12.1. The van der Waals surface area contributed by atoms with Gasteiger partial charge in [0, 0.05) is 10.9 Å². The number of carbonyl (C=O) groups excluding carboxylic acids is 2. The largest absolute Gasteiger partial charge is 0.297 e. The van der Waals surface area contributed by atoms with Crippen molar-refractivity contribution >= 4 is 71.4 Å². The first-order chi connectivity index (χ1) is 9.54. The van der Waals surface area contributed by atoms with Crippen molar-refractivity contribution in [1.82, 2.24) is 4.98 Å². The highest BCUT2D eigenvalue weighted by atomic mass is 79.9. The van der Waals surface area contributed by atoms with Crippen molar-refractivity contribution in [2.45, 2.75) is 19.3 Å². The van der Waals surface area contributed by atoms with Crippen LogP contribution in [-0.2, 0) is 6.42 Å². The second-order valence-corrected chi connectivity index (χ2v) is 8.48. The lowest BCUT2D eigenvalue weighted by Gasteiger charge is -2.05. The van der Waals surface area contributed by atoms with Gasteiger partial charge in [0.1, 0.15) is 0 Å². The first-order valence-corrected chi connectivity index (χ1v) is 9.05. The number of amides is 1. The summed E-state index contributed by atoms with van der Waals surface area (Å²) in [6.07, 6.45) is 2.23. The zero-order valence-electron chi connectivity index (χ0n) is 10.0. The van der Waals surface area contributed by atoms with Crippen LogP contribution in [0.2, 0.25) is 0 Å². The van der Waals surface area contributed by atoms with Crippen molar-refractivity contribution in [3.63, 3.8) is 0 Å². The Kier molecular flexibility index (Phi) is 4.07. The zero-order chi connectivity index (χ0) is 14.3. The Morgan fingerprint density at radius 2 is 2.10 bits per heavy atom. The van der Waals surface area contributed by atoms with Crippen LogP contribution in [0.15, 0.2) is 14.3 Å². The van der Waals surface area contributed by atoms with Gasteiger partial charge < -0.3 is 0 Å². The second kappa shape index (κ2) is 5.67. The number of ketones is 1. The Labute approximate surface area is 139 Å². The van der Waals surface area contributed by atoms with E-state index in [1.807, 2.05) is 0 Å². The van der Waals surface area contributed by atoms with Crippen LogP contribution in [0.1, 0.15) is 37.9 Å². The highest BCUT2D eigenvalue weighted by Crippen LogP contribution is 2.34. The fourth-order valence-corrected chi connectivity index (χ4v) is 4.84. The number of Topliss-reactive ketones (excluding diaryl/α,β-unsaturated/α-hetero) is 1. The van der Waals surface area contributed by atoms with E-state index in [1.54, 1.807) is 6.07 Å². The van der Waals surface area contributed by atoms with E-state index in [0.29, 0.717) is 21.3 Å². The SMILES string of the molecule is O=C(Nc1nc2c(s1)C(=O)CCC2)c1cc(Br)c(Br)s1. The number of thiophene rings is 1. The summed E-state index contributed by atoms with van der Waals surface area (Å²) in [7, 11) is 0. The molecule has 0 atom stereocenters. The summed E-state index contributed by atoms with van der Waals surface area (Å²) in [6, 6.07) is 1.75. The van der Waals surface area contributed by atoms with Gasteiger partial charge in [-0.15, -0.1) is 11.3 Å². The molecule has 4 nitrogen and oxygen atoms in total. The summed E-state index contributed by atoms with van der Waals surface area (Å²) >= 11 is 9.32. The van der Waals surface area contributed by atoms with Crippen molar-refractivity contribution in [3.05, 3.63) is 29.8 Å². The Morgan fingerprint density at radius 1 is 1.30 bits per heavy atom. The molecule has 0 radical (unpaired) electrons. The van der Waals surface area contributed by atoms with Gasteiger partial charge in [-0.05, 0) is 50.8 Å². The summed E-state index contributed by atoms with van der Waals surface area (Å²) in [6.45, 7) is 0. The maximum atomic E-state index is 12.1. The molecule has 2 aromatic heterocycles. The van der Waals surface area contributed by atoms with E-state index in [2.05, 4.69) is 42.2 Å². The molecule has 2 aromatic rings. The van der Waals surface area contributed by atoms with E-state index in [9.17, 15) is 9.59 Å². The molecule has 0 aliphatic heterocycles. The minimum atomic E-state index is -0.208. The van der Waals surface area contributed by atoms with Crippen LogP contribution in [0.5, 0.6) is 0 Å². The van der Waals surface area contributed by atoms with Crippen LogP contribution in [0.25, 0.3) is 0 Å². The molecule has 1 amide bonds. The van der Waals surface area contributed by atoms with Gasteiger partial charge >= 0.3 is 0 Å². The molecule has 0 bridgehead atoms. The van der Waals surface area contributed by atoms with Crippen LogP contribution < -0.4 is 5.32 Å². The third-order valence-corrected chi connectivity index (χ3v) is 7.17. The molecule has 8 heteroatoms. The number of aromatic nitrogens is 1. The van der Waals surface area contributed by atoms with Crippen molar-refractivity contribution < 1.29 is 9.59 Å². The van der Waals surface area contributed by atoms with Crippen molar-refractivity contribution in [2.24, 2.45) is 0 Å². The fourth-order valence-electron chi connectivity index (χ4n) is 1.94. The van der Waals surface area contributed by atoms with Crippen LogP contribution in [-0.4, -0.2) is 16.7 Å². The van der Waals surface area contributed by atoms with Crippen LogP contribution in [0, 0.1) is 0 Å². The molecule has 0 aromatic carbocycles. The summed E-state index contributed by atoms with van der Waals surface area (Å²) < 4.78 is 1.72. The van der Waals surface area contributed by atoms with Crippen molar-refractivity contribution in [3.8, 4) is 0 Å². The smallest absolute Gasteiger partial charge is 0.267 e. The number of thiazole rings is 1. The standard InChI is InChI=1S/C12H8Br2N2O2S2/c13-5-4-8(19-10(5)14)11(18)16-12-15-6-2-1-3-7(17)9(6)20-12/h4H,1-3H2,(H,15,16,18). The number of carbonyl (C=O) groups is 2. The topological polar surface area (TPSA) is 59.1 Å². The third-order valence-electron chi connectivity index (χ3n) is 2.86. The van der Waals surface area contributed by atoms with E-state index >= 15 is 0 Å². The molecule has 0 saturated carbocycles. The molecule has 0 unspecified atom stereocenters. The Balaban J connectivity index is 1.81. The number of nitrogens with one attached hydrogen (secondary N) is 1. The van der Waals surface area contributed by atoms with Crippen LogP contribution >= 0.6 is 54.5 Å². The molecule has 20 heavy (non-hydrogen) atoms. The van der Waals surface area contributed by atoms with Gasteiger partial charge in [-0.25, -0.2) is 4.98 Å². The average molecular weight is 436 g/mol. The molecule has 104 valence electrons. The minimum Gasteiger partial charge on any atom is -0.297 e. The van der Waals surface area contributed by atoms with E-state index < -0.39 is 0 Å². The Bertz CT molecular complexity index is 689. The normalized spacial score (nSPS) is 14.2. The van der Waals surface area contributed by atoms with E-state index in [0.717, 1.165) is 26.8 Å². The van der Waals surface area contributed by atoms with Gasteiger partial charge in [-0.2, -0.15) is 0 Å². The summed E-state index contributed by atoms with van der Waals surface area (Å²) in [5.74, 6) is -0.0780. The summed E-state index contributed by atoms with van der Waals surface area (Å²) in [5, 5.41) is 3.26. The second-order valence-electron chi connectivity index (χ2n) is 4.26. The molecular formula is C12H8Br2N2O2S2. The number of rotatable bonds is 2. The lowest BCUT2D eigenvalue weighted by atomic mass is 10.0. The molecule has 3 rings (SSSR count). The highest BCUT2D eigenvalue weighted by Gasteiger charge is 2.23. The monoisotopic (exact) mass is 434 g/mol. The first kappa shape index (κ1) is 14.4. The van der Waals surface area contributed by atoms with Crippen molar-refractivity contribution in [2.75, 3.05) is 5.32 Å². The van der Waals surface area contributed by atoms with Crippen LogP contribution in [0.4, 0.5) is 5.13 Å². The molecular weight excluding hydrogens is 428 g/mol. The number of fused-ring (bicyclic) bond motifs is 1. The molecule has 1 N–H and O–H groups in total. The van der Waals surface area contributed by atoms with Gasteiger partial charge in [-0.3, -0.25) is 14.9 Å². The minimum absolute atomic E-state index is 0.130. The zero-order valence-corrected chi connectivity index (χ0v) is 14.8. The van der Waals surface area contributed by atoms with Gasteiger partial charge in [0.15, 0.2) is 10.9 Å². The number of aryl methyl sites for hydroxylation is 1. The fraction of sp³-hybridized carbons (Fsp3) is 0.250. The van der Waals surface area contributed by atoms with Gasteiger partial charge in [0.25, 0.3) is 5.91 Å². The number of anilines is 1. The maximum Gasteiger partial charge on any atom is 0.267 e. The number of halogens is 2. The van der Waals surface area contributed by atoms with E-state index in [1.165, 1.54) is 22.7 Å². The third kappa shape index (κ3) is 2.74. The first-order valence-electron chi connectivity index (χ1n) is 5.83. The predicted molar refractivity (Wildman–Crippen MR) is 87.1 cm³/mol. The molecule has 0 fully saturated rings. The Hall–Kier alpha value is -0.570. The van der Waals surface area contributed by atoms with E-state index in [-0.39, 0.29) is 11.7 Å².